The third kappa shape index (κ3) is 3.65. The van der Waals surface area contributed by atoms with Gasteiger partial charge in [0.1, 0.15) is 11.2 Å². The second kappa shape index (κ2) is 9.44. The summed E-state index contributed by atoms with van der Waals surface area (Å²) < 4.78 is 71.6. The monoisotopic (exact) mass is 553 g/mol. The largest absolute Gasteiger partial charge is 0.455 e. The molecule has 1 heteroatoms. The Balaban J connectivity index is 1.61. The molecule has 1 heterocycles. The maximum atomic E-state index is 9.88. The predicted molar refractivity (Wildman–Crippen MR) is 183 cm³/mol. The molecule has 0 aliphatic carbocycles. The molecular weight excluding hydrogens is 520 g/mol. The van der Waals surface area contributed by atoms with E-state index in [2.05, 4.69) is 0 Å². The Kier molecular flexibility index (Phi) is 3.95. The molecule has 200 valence electrons. The van der Waals surface area contributed by atoms with Crippen LogP contribution < -0.4 is 0 Å². The Hall–Kier alpha value is -5.66. The minimum Gasteiger partial charge on any atom is -0.455 e. The predicted octanol–water partition coefficient (Wildman–Crippen LogP) is 12.0. The minimum atomic E-state index is -0.395. The van der Waals surface area contributed by atoms with Crippen molar-refractivity contribution in [2.75, 3.05) is 0 Å². The highest BCUT2D eigenvalue weighted by Gasteiger charge is 2.21. The van der Waals surface area contributed by atoms with Crippen molar-refractivity contribution >= 4 is 54.3 Å². The molecule has 1 aromatic heterocycles. The number of fused-ring (bicyclic) bond motifs is 7. The Morgan fingerprint density at radius 2 is 1.14 bits per heavy atom. The van der Waals surface area contributed by atoms with Crippen LogP contribution >= 0.6 is 0 Å². The lowest BCUT2D eigenvalue weighted by Gasteiger charge is -2.19. The van der Waals surface area contributed by atoms with Crippen LogP contribution in [0.15, 0.2) is 162 Å². The van der Waals surface area contributed by atoms with Gasteiger partial charge in [-0.15, -0.1) is 0 Å². The molecule has 0 spiro atoms. The lowest BCUT2D eigenvalue weighted by molar-refractivity contribution is 0.673. The highest BCUT2D eigenvalue weighted by atomic mass is 16.3. The normalized spacial score (nSPS) is 14.0. The van der Waals surface area contributed by atoms with Gasteiger partial charge in [0.2, 0.25) is 0 Å². The van der Waals surface area contributed by atoms with Crippen molar-refractivity contribution in [2.24, 2.45) is 0 Å². The lowest BCUT2D eigenvalue weighted by atomic mass is 9.84. The Morgan fingerprint density at radius 3 is 1.95 bits per heavy atom. The second-order valence-electron chi connectivity index (χ2n) is 10.7. The van der Waals surface area contributed by atoms with E-state index in [1.807, 2.05) is 115 Å². The van der Waals surface area contributed by atoms with Gasteiger partial charge < -0.3 is 4.42 Å². The highest BCUT2D eigenvalue weighted by Crippen LogP contribution is 2.48. The van der Waals surface area contributed by atoms with Gasteiger partial charge in [-0.1, -0.05) is 139 Å². The zero-order valence-corrected chi connectivity index (χ0v) is 22.9. The fraction of sp³-hybridized carbons (Fsp3) is 0. The molecule has 1 nitrogen and oxygen atoms in total. The topological polar surface area (TPSA) is 13.1 Å². The summed E-state index contributed by atoms with van der Waals surface area (Å²) in [5.74, 6) is 0. The number of hydrogen-bond acceptors (Lipinski definition) is 1. The van der Waals surface area contributed by atoms with Crippen molar-refractivity contribution in [1.82, 2.24) is 0 Å². The molecule has 0 atom stereocenters. The maximum absolute atomic E-state index is 9.88. The van der Waals surface area contributed by atoms with Crippen LogP contribution in [0, 0.1) is 0 Å². The summed E-state index contributed by atoms with van der Waals surface area (Å²) in [4.78, 5) is 0. The standard InChI is InChI=1S/C42H26O/c1-3-12-27(13-4-1)30-23-24-34-37(26-30)40(33-19-10-9-18-32(33)39(34)29-15-5-2-6-16-29)35-20-11-21-38-41(35)36-25-22-28-14-7-8-17-31(28)42(36)43-38/h1-26H/i9D,10D,18D,19D,23D,24D,26D. The number of hydrogen-bond donors (Lipinski definition) is 0. The van der Waals surface area contributed by atoms with E-state index in [-0.39, 0.29) is 51.9 Å². The third-order valence-corrected chi connectivity index (χ3v) is 8.28. The third-order valence-electron chi connectivity index (χ3n) is 8.28. The van der Waals surface area contributed by atoms with E-state index in [4.69, 9.17) is 7.16 Å². The Morgan fingerprint density at radius 1 is 0.442 bits per heavy atom. The average molecular weight is 554 g/mol. The molecule has 0 unspecified atom stereocenters. The van der Waals surface area contributed by atoms with Crippen LogP contribution in [0.25, 0.3) is 87.6 Å². The first kappa shape index (κ1) is 18.0. The molecule has 0 radical (unpaired) electrons. The van der Waals surface area contributed by atoms with E-state index >= 15 is 0 Å². The van der Waals surface area contributed by atoms with E-state index in [1.54, 1.807) is 0 Å². The van der Waals surface area contributed by atoms with Crippen molar-refractivity contribution in [3.63, 3.8) is 0 Å². The minimum absolute atomic E-state index is 0.00365. The van der Waals surface area contributed by atoms with Crippen LogP contribution in [-0.2, 0) is 0 Å². The summed E-state index contributed by atoms with van der Waals surface area (Å²) in [6.45, 7) is 0. The molecule has 0 amide bonds. The molecule has 0 fully saturated rings. The molecule has 9 rings (SSSR count). The molecular formula is C42H26O. The first-order valence-electron chi connectivity index (χ1n) is 17.7. The molecule has 0 aliphatic heterocycles. The lowest BCUT2D eigenvalue weighted by Crippen LogP contribution is -1.92. The summed E-state index contributed by atoms with van der Waals surface area (Å²) in [5, 5.41) is 4.61. The van der Waals surface area contributed by atoms with E-state index in [1.165, 1.54) is 0 Å². The van der Waals surface area contributed by atoms with Gasteiger partial charge in [0.25, 0.3) is 0 Å². The van der Waals surface area contributed by atoms with Crippen molar-refractivity contribution in [2.45, 2.75) is 0 Å². The molecule has 0 saturated heterocycles. The molecule has 0 N–H and O–H groups in total. The fourth-order valence-corrected chi connectivity index (χ4v) is 6.39. The van der Waals surface area contributed by atoms with Gasteiger partial charge in [0, 0.05) is 16.2 Å². The number of furan rings is 1. The van der Waals surface area contributed by atoms with Crippen molar-refractivity contribution in [3.8, 4) is 33.4 Å². The van der Waals surface area contributed by atoms with Gasteiger partial charge in [0.15, 0.2) is 0 Å². The highest BCUT2D eigenvalue weighted by molar-refractivity contribution is 6.27. The molecule has 43 heavy (non-hydrogen) atoms. The van der Waals surface area contributed by atoms with Crippen molar-refractivity contribution in [1.29, 1.82) is 0 Å². The van der Waals surface area contributed by atoms with Crippen molar-refractivity contribution < 1.29 is 14.0 Å². The van der Waals surface area contributed by atoms with E-state index in [0.29, 0.717) is 44.4 Å². The van der Waals surface area contributed by atoms with Gasteiger partial charge >= 0.3 is 0 Å². The van der Waals surface area contributed by atoms with E-state index in [9.17, 15) is 6.85 Å². The van der Waals surface area contributed by atoms with Gasteiger partial charge in [-0.25, -0.2) is 0 Å². The Labute approximate surface area is 259 Å². The van der Waals surface area contributed by atoms with Crippen LogP contribution in [0.1, 0.15) is 9.60 Å². The van der Waals surface area contributed by atoms with Gasteiger partial charge in [0.05, 0.1) is 9.60 Å². The van der Waals surface area contributed by atoms with Gasteiger partial charge in [-0.3, -0.25) is 0 Å². The summed E-state index contributed by atoms with van der Waals surface area (Å²) in [6.07, 6.45) is 0. The molecule has 0 aliphatic rings. The van der Waals surface area contributed by atoms with Crippen LogP contribution in [0.5, 0.6) is 0 Å². The zero-order chi connectivity index (χ0) is 34.4. The first-order valence-corrected chi connectivity index (χ1v) is 14.2. The fourth-order valence-electron chi connectivity index (χ4n) is 6.39. The molecule has 0 saturated carbocycles. The van der Waals surface area contributed by atoms with Crippen LogP contribution in [-0.4, -0.2) is 0 Å². The smallest absolute Gasteiger partial charge is 0.143 e. The summed E-state index contributed by atoms with van der Waals surface area (Å²) >= 11 is 0. The van der Waals surface area contributed by atoms with Gasteiger partial charge in [-0.05, 0) is 78.5 Å². The quantitative estimate of drug-likeness (QED) is 0.198. The zero-order valence-electron chi connectivity index (χ0n) is 29.9. The van der Waals surface area contributed by atoms with Crippen LogP contribution in [0.2, 0.25) is 0 Å². The molecule has 9 aromatic rings. The van der Waals surface area contributed by atoms with E-state index in [0.717, 1.165) is 21.5 Å². The van der Waals surface area contributed by atoms with E-state index < -0.39 is 12.1 Å². The number of rotatable bonds is 3. The number of benzene rings is 8. The second-order valence-corrected chi connectivity index (χ2v) is 10.7. The van der Waals surface area contributed by atoms with Crippen LogP contribution in [0.4, 0.5) is 0 Å². The van der Waals surface area contributed by atoms with Crippen LogP contribution in [0.3, 0.4) is 0 Å². The SMILES string of the molecule is [2H]c1c([2H])c([2H])c2c(-c3cccc4oc5c6ccccc6ccc5c34)c3c([2H])c(-c4ccccc4)c([2H])c([2H])c3c(-c3ccccc3)c2c1[2H]. The summed E-state index contributed by atoms with van der Waals surface area (Å²) in [7, 11) is 0. The molecule has 8 aromatic carbocycles. The average Bonchev–Trinajstić information content (AvgIpc) is 3.55. The summed E-state index contributed by atoms with van der Waals surface area (Å²) in [5.41, 5.74) is 4.19. The Bertz CT molecular complexity index is 2880. The summed E-state index contributed by atoms with van der Waals surface area (Å²) in [6, 6.07) is 34.4. The van der Waals surface area contributed by atoms with Gasteiger partial charge in [-0.2, -0.15) is 0 Å². The maximum Gasteiger partial charge on any atom is 0.143 e. The van der Waals surface area contributed by atoms with Crippen molar-refractivity contribution in [3.05, 3.63) is 158 Å². The molecule has 0 bridgehead atoms. The first-order chi connectivity index (χ1) is 24.3.